The third-order valence-corrected chi connectivity index (χ3v) is 4.71. The number of nitrogens with one attached hydrogen (secondary N) is 1. The summed E-state index contributed by atoms with van der Waals surface area (Å²) in [5.41, 5.74) is 3.73. The predicted molar refractivity (Wildman–Crippen MR) is 94.3 cm³/mol. The standard InChI is InChI=1S/C20H17N3O2/c21-12-13-1-3-15(4-2-13)19(24)22-17-8-7-14-9-10-23(18(14)11-17)20(25)16-5-6-16/h1-4,7-8,11,16H,5-6,9-10H2,(H,22,24). The molecular weight excluding hydrogens is 314 g/mol. The third kappa shape index (κ3) is 2.99. The molecule has 2 aromatic rings. The Kier molecular flexibility index (Phi) is 3.73. The van der Waals surface area contributed by atoms with Gasteiger partial charge in [-0.3, -0.25) is 9.59 Å². The molecule has 1 heterocycles. The van der Waals surface area contributed by atoms with Gasteiger partial charge in [0.25, 0.3) is 5.91 Å². The first-order chi connectivity index (χ1) is 12.2. The highest BCUT2D eigenvalue weighted by Gasteiger charge is 2.36. The zero-order valence-corrected chi connectivity index (χ0v) is 13.7. The van der Waals surface area contributed by atoms with Crippen molar-refractivity contribution in [1.29, 1.82) is 5.26 Å². The van der Waals surface area contributed by atoms with Crippen molar-refractivity contribution in [3.8, 4) is 6.07 Å². The fourth-order valence-corrected chi connectivity index (χ4v) is 3.14. The van der Waals surface area contributed by atoms with Crippen LogP contribution in [0.15, 0.2) is 42.5 Å². The van der Waals surface area contributed by atoms with Crippen molar-refractivity contribution in [2.24, 2.45) is 5.92 Å². The number of fused-ring (bicyclic) bond motifs is 1. The van der Waals surface area contributed by atoms with E-state index < -0.39 is 0 Å². The number of benzene rings is 2. The SMILES string of the molecule is N#Cc1ccc(C(=O)Nc2ccc3c(c2)N(C(=O)C2CC2)CC3)cc1. The van der Waals surface area contributed by atoms with Crippen LogP contribution in [0, 0.1) is 17.2 Å². The van der Waals surface area contributed by atoms with Crippen LogP contribution < -0.4 is 10.2 Å². The van der Waals surface area contributed by atoms with Crippen molar-refractivity contribution >= 4 is 23.2 Å². The average molecular weight is 331 g/mol. The summed E-state index contributed by atoms with van der Waals surface area (Å²) < 4.78 is 0. The minimum Gasteiger partial charge on any atom is -0.322 e. The molecule has 0 bridgehead atoms. The van der Waals surface area contributed by atoms with Crippen LogP contribution in [0.2, 0.25) is 0 Å². The van der Waals surface area contributed by atoms with Crippen LogP contribution >= 0.6 is 0 Å². The lowest BCUT2D eigenvalue weighted by atomic mass is 10.1. The van der Waals surface area contributed by atoms with Gasteiger partial charge >= 0.3 is 0 Å². The van der Waals surface area contributed by atoms with Gasteiger partial charge in [0.15, 0.2) is 0 Å². The molecule has 4 rings (SSSR count). The van der Waals surface area contributed by atoms with E-state index in [2.05, 4.69) is 5.32 Å². The van der Waals surface area contributed by atoms with Crippen LogP contribution in [0.1, 0.15) is 34.3 Å². The predicted octanol–water partition coefficient (Wildman–Crippen LogP) is 3.11. The summed E-state index contributed by atoms with van der Waals surface area (Å²) in [7, 11) is 0. The molecule has 0 saturated heterocycles. The van der Waals surface area contributed by atoms with Crippen LogP contribution in [0.25, 0.3) is 0 Å². The summed E-state index contributed by atoms with van der Waals surface area (Å²) in [5, 5.41) is 11.7. The number of hydrogen-bond acceptors (Lipinski definition) is 3. The zero-order chi connectivity index (χ0) is 17.4. The van der Waals surface area contributed by atoms with Gasteiger partial charge in [0, 0.05) is 29.4 Å². The van der Waals surface area contributed by atoms with Gasteiger partial charge in [-0.25, -0.2) is 0 Å². The Balaban J connectivity index is 1.53. The number of hydrogen-bond donors (Lipinski definition) is 1. The van der Waals surface area contributed by atoms with Crippen LogP contribution in [0.4, 0.5) is 11.4 Å². The van der Waals surface area contributed by atoms with E-state index >= 15 is 0 Å². The van der Waals surface area contributed by atoms with E-state index in [0.29, 0.717) is 16.8 Å². The maximum Gasteiger partial charge on any atom is 0.255 e. The minimum absolute atomic E-state index is 0.183. The van der Waals surface area contributed by atoms with Gasteiger partial charge in [-0.2, -0.15) is 5.26 Å². The molecule has 5 heteroatoms. The second-order valence-electron chi connectivity index (χ2n) is 6.50. The Labute approximate surface area is 145 Å². The van der Waals surface area contributed by atoms with Crippen molar-refractivity contribution < 1.29 is 9.59 Å². The van der Waals surface area contributed by atoms with Crippen molar-refractivity contribution in [2.45, 2.75) is 19.3 Å². The number of nitriles is 1. The van der Waals surface area contributed by atoms with Gasteiger partial charge in [-0.05, 0) is 61.2 Å². The highest BCUT2D eigenvalue weighted by molar-refractivity contribution is 6.05. The Morgan fingerprint density at radius 2 is 1.88 bits per heavy atom. The number of nitrogens with zero attached hydrogens (tertiary/aromatic N) is 2. The van der Waals surface area contributed by atoms with Gasteiger partial charge < -0.3 is 10.2 Å². The number of carbonyl (C=O) groups excluding carboxylic acids is 2. The van der Waals surface area contributed by atoms with E-state index in [1.54, 1.807) is 24.3 Å². The maximum absolute atomic E-state index is 12.4. The van der Waals surface area contributed by atoms with E-state index in [-0.39, 0.29) is 17.7 Å². The van der Waals surface area contributed by atoms with Crippen molar-refractivity contribution in [3.63, 3.8) is 0 Å². The van der Waals surface area contributed by atoms with Gasteiger partial charge in [0.05, 0.1) is 11.6 Å². The second kappa shape index (κ2) is 6.06. The quantitative estimate of drug-likeness (QED) is 0.939. The van der Waals surface area contributed by atoms with Crippen LogP contribution in [-0.4, -0.2) is 18.4 Å². The van der Waals surface area contributed by atoms with Gasteiger partial charge in [-0.1, -0.05) is 6.07 Å². The summed E-state index contributed by atoms with van der Waals surface area (Å²) in [5.74, 6) is 0.152. The number of amides is 2. The molecule has 5 nitrogen and oxygen atoms in total. The second-order valence-corrected chi connectivity index (χ2v) is 6.50. The molecule has 25 heavy (non-hydrogen) atoms. The van der Waals surface area contributed by atoms with Gasteiger partial charge in [0.1, 0.15) is 0 Å². The van der Waals surface area contributed by atoms with Gasteiger partial charge in [-0.15, -0.1) is 0 Å². The fourth-order valence-electron chi connectivity index (χ4n) is 3.14. The van der Waals surface area contributed by atoms with Crippen molar-refractivity contribution in [1.82, 2.24) is 0 Å². The van der Waals surface area contributed by atoms with E-state index in [0.717, 1.165) is 37.1 Å². The lowest BCUT2D eigenvalue weighted by Crippen LogP contribution is -2.30. The lowest BCUT2D eigenvalue weighted by Gasteiger charge is -2.18. The first kappa shape index (κ1) is 15.4. The molecule has 2 aliphatic rings. The molecule has 1 saturated carbocycles. The largest absolute Gasteiger partial charge is 0.322 e. The topological polar surface area (TPSA) is 73.2 Å². The van der Waals surface area contributed by atoms with Crippen LogP contribution in [-0.2, 0) is 11.2 Å². The van der Waals surface area contributed by atoms with E-state index in [9.17, 15) is 9.59 Å². The molecule has 1 N–H and O–H groups in total. The number of rotatable bonds is 3. The molecule has 124 valence electrons. The zero-order valence-electron chi connectivity index (χ0n) is 13.7. The third-order valence-electron chi connectivity index (χ3n) is 4.71. The van der Waals surface area contributed by atoms with Crippen molar-refractivity contribution in [2.75, 3.05) is 16.8 Å². The summed E-state index contributed by atoms with van der Waals surface area (Å²) in [6.45, 7) is 0.720. The van der Waals surface area contributed by atoms with E-state index in [4.69, 9.17) is 5.26 Å². The monoisotopic (exact) mass is 331 g/mol. The summed E-state index contributed by atoms with van der Waals surface area (Å²) in [4.78, 5) is 26.6. The first-order valence-corrected chi connectivity index (χ1v) is 8.41. The molecule has 0 radical (unpaired) electrons. The first-order valence-electron chi connectivity index (χ1n) is 8.41. The fraction of sp³-hybridized carbons (Fsp3) is 0.250. The molecule has 1 aliphatic heterocycles. The summed E-state index contributed by atoms with van der Waals surface area (Å²) in [6.07, 6.45) is 2.83. The molecule has 0 spiro atoms. The molecule has 2 aromatic carbocycles. The Morgan fingerprint density at radius 1 is 1.12 bits per heavy atom. The minimum atomic E-state index is -0.234. The Hall–Kier alpha value is -3.13. The average Bonchev–Trinajstić information content (AvgIpc) is 3.41. The summed E-state index contributed by atoms with van der Waals surface area (Å²) in [6, 6.07) is 14.2. The Bertz CT molecular complexity index is 892. The highest BCUT2D eigenvalue weighted by atomic mass is 16.2. The molecule has 0 atom stereocenters. The Morgan fingerprint density at radius 3 is 2.56 bits per heavy atom. The normalized spacial score (nSPS) is 15.4. The van der Waals surface area contributed by atoms with Gasteiger partial charge in [0.2, 0.25) is 5.91 Å². The molecule has 0 aromatic heterocycles. The molecule has 1 aliphatic carbocycles. The van der Waals surface area contributed by atoms with Crippen LogP contribution in [0.3, 0.4) is 0 Å². The van der Waals surface area contributed by atoms with Crippen LogP contribution in [0.5, 0.6) is 0 Å². The van der Waals surface area contributed by atoms with Crippen molar-refractivity contribution in [3.05, 3.63) is 59.2 Å². The number of anilines is 2. The molecule has 0 unspecified atom stereocenters. The molecular formula is C20H17N3O2. The van der Waals surface area contributed by atoms with E-state index in [1.165, 1.54) is 0 Å². The number of carbonyl (C=O) groups is 2. The summed E-state index contributed by atoms with van der Waals surface area (Å²) >= 11 is 0. The molecule has 1 fully saturated rings. The highest BCUT2D eigenvalue weighted by Crippen LogP contribution is 2.37. The maximum atomic E-state index is 12.4. The lowest BCUT2D eigenvalue weighted by molar-refractivity contribution is -0.119. The van der Waals surface area contributed by atoms with E-state index in [1.807, 2.05) is 29.2 Å². The smallest absolute Gasteiger partial charge is 0.255 e. The molecule has 2 amide bonds.